The van der Waals surface area contributed by atoms with Crippen LogP contribution in [-0.2, 0) is 9.59 Å². The second-order valence-corrected chi connectivity index (χ2v) is 5.43. The van der Waals surface area contributed by atoms with Crippen molar-refractivity contribution in [3.8, 4) is 0 Å². The highest BCUT2D eigenvalue weighted by Gasteiger charge is 2.21. The van der Waals surface area contributed by atoms with E-state index in [-0.39, 0.29) is 24.4 Å². The van der Waals surface area contributed by atoms with Crippen LogP contribution in [0, 0.1) is 0 Å². The standard InChI is InChI=1S/C14H28N4O2/c1-4-18(5-2)14(20)10-16(3)13(19)11-17-8-6-12(15)7-9-17/h12H,4-11,15H2,1-3H3. The summed E-state index contributed by atoms with van der Waals surface area (Å²) in [5.74, 6) is 0.00694. The summed E-state index contributed by atoms with van der Waals surface area (Å²) in [6, 6.07) is 0.267. The molecule has 20 heavy (non-hydrogen) atoms. The molecule has 0 atom stereocenters. The molecule has 6 heteroatoms. The number of likely N-dealkylation sites (tertiary alicyclic amines) is 1. The first-order chi connectivity index (χ1) is 9.47. The number of amides is 2. The molecule has 0 aromatic rings. The van der Waals surface area contributed by atoms with Crippen LogP contribution in [-0.4, -0.2) is 78.9 Å². The Morgan fingerprint density at radius 2 is 1.70 bits per heavy atom. The number of hydrogen-bond acceptors (Lipinski definition) is 4. The number of carbonyl (C=O) groups is 2. The van der Waals surface area contributed by atoms with Crippen LogP contribution in [0.15, 0.2) is 0 Å². The molecule has 2 amide bonds. The zero-order valence-corrected chi connectivity index (χ0v) is 13.0. The largest absolute Gasteiger partial charge is 0.342 e. The summed E-state index contributed by atoms with van der Waals surface area (Å²) < 4.78 is 0. The number of piperidine rings is 1. The number of carbonyl (C=O) groups excluding carboxylic acids is 2. The highest BCUT2D eigenvalue weighted by molar-refractivity contribution is 5.85. The molecule has 2 N–H and O–H groups in total. The van der Waals surface area contributed by atoms with E-state index in [1.165, 1.54) is 4.90 Å². The predicted octanol–water partition coefficient (Wildman–Crippen LogP) is -0.264. The zero-order valence-electron chi connectivity index (χ0n) is 13.0. The first-order valence-electron chi connectivity index (χ1n) is 7.47. The molecule has 0 unspecified atom stereocenters. The lowest BCUT2D eigenvalue weighted by Gasteiger charge is -2.31. The monoisotopic (exact) mass is 284 g/mol. The van der Waals surface area contributed by atoms with Crippen LogP contribution in [0.25, 0.3) is 0 Å². The molecule has 6 nitrogen and oxygen atoms in total. The van der Waals surface area contributed by atoms with Gasteiger partial charge in [0.25, 0.3) is 0 Å². The van der Waals surface area contributed by atoms with Crippen molar-refractivity contribution in [2.75, 3.05) is 46.3 Å². The van der Waals surface area contributed by atoms with Crippen molar-refractivity contribution in [1.82, 2.24) is 14.7 Å². The molecule has 1 fully saturated rings. The first-order valence-corrected chi connectivity index (χ1v) is 7.47. The number of nitrogens with two attached hydrogens (primary N) is 1. The quantitative estimate of drug-likeness (QED) is 0.729. The SMILES string of the molecule is CCN(CC)C(=O)CN(C)C(=O)CN1CCC(N)CC1. The van der Waals surface area contributed by atoms with Crippen molar-refractivity contribution in [2.24, 2.45) is 5.73 Å². The average molecular weight is 284 g/mol. The predicted molar refractivity (Wildman–Crippen MR) is 79.2 cm³/mol. The van der Waals surface area contributed by atoms with E-state index in [0.29, 0.717) is 19.6 Å². The van der Waals surface area contributed by atoms with Gasteiger partial charge in [-0.1, -0.05) is 0 Å². The maximum absolute atomic E-state index is 12.1. The normalized spacial score (nSPS) is 17.0. The Hall–Kier alpha value is -1.14. The highest BCUT2D eigenvalue weighted by Crippen LogP contribution is 2.08. The van der Waals surface area contributed by atoms with Crippen LogP contribution in [0.3, 0.4) is 0 Å². The van der Waals surface area contributed by atoms with E-state index in [4.69, 9.17) is 5.73 Å². The van der Waals surface area contributed by atoms with Gasteiger partial charge >= 0.3 is 0 Å². The van der Waals surface area contributed by atoms with E-state index in [2.05, 4.69) is 4.90 Å². The molecule has 0 aromatic carbocycles. The molecule has 1 saturated heterocycles. The molecule has 0 bridgehead atoms. The Kier molecular flexibility index (Phi) is 6.95. The van der Waals surface area contributed by atoms with Gasteiger partial charge in [0.1, 0.15) is 0 Å². The second kappa shape index (κ2) is 8.21. The molecular formula is C14H28N4O2. The summed E-state index contributed by atoms with van der Waals surface area (Å²) in [4.78, 5) is 29.4. The van der Waals surface area contributed by atoms with Gasteiger partial charge in [0.05, 0.1) is 13.1 Å². The van der Waals surface area contributed by atoms with Crippen molar-refractivity contribution < 1.29 is 9.59 Å². The van der Waals surface area contributed by atoms with Crippen molar-refractivity contribution in [2.45, 2.75) is 32.7 Å². The summed E-state index contributed by atoms with van der Waals surface area (Å²) in [6.07, 6.45) is 1.88. The van der Waals surface area contributed by atoms with E-state index in [0.717, 1.165) is 25.9 Å². The number of likely N-dealkylation sites (N-methyl/N-ethyl adjacent to an activating group) is 2. The average Bonchev–Trinajstić information content (AvgIpc) is 2.42. The smallest absolute Gasteiger partial charge is 0.242 e. The summed E-state index contributed by atoms with van der Waals surface area (Å²) in [5, 5.41) is 0. The number of nitrogens with zero attached hydrogens (tertiary/aromatic N) is 3. The minimum Gasteiger partial charge on any atom is -0.342 e. The maximum Gasteiger partial charge on any atom is 0.242 e. The van der Waals surface area contributed by atoms with Crippen molar-refractivity contribution in [1.29, 1.82) is 0 Å². The first kappa shape index (κ1) is 16.9. The fraction of sp³-hybridized carbons (Fsp3) is 0.857. The molecule has 116 valence electrons. The number of rotatable bonds is 6. The lowest BCUT2D eigenvalue weighted by molar-refractivity contribution is -0.139. The van der Waals surface area contributed by atoms with Gasteiger partial charge in [-0.25, -0.2) is 0 Å². The molecule has 1 aliphatic heterocycles. The molecule has 1 rings (SSSR count). The molecule has 0 aromatic heterocycles. The van der Waals surface area contributed by atoms with Gasteiger partial charge in [-0.3, -0.25) is 14.5 Å². The molecule has 1 aliphatic rings. The van der Waals surface area contributed by atoms with Crippen LogP contribution in [0.4, 0.5) is 0 Å². The molecule has 1 heterocycles. The Bertz CT molecular complexity index is 323. The lowest BCUT2D eigenvalue weighted by Crippen LogP contribution is -2.47. The fourth-order valence-corrected chi connectivity index (χ4v) is 2.39. The van der Waals surface area contributed by atoms with Gasteiger partial charge < -0.3 is 15.5 Å². The summed E-state index contributed by atoms with van der Waals surface area (Å²) in [5.41, 5.74) is 5.85. The van der Waals surface area contributed by atoms with E-state index in [1.807, 2.05) is 13.8 Å². The van der Waals surface area contributed by atoms with E-state index in [1.54, 1.807) is 11.9 Å². The van der Waals surface area contributed by atoms with Crippen LogP contribution >= 0.6 is 0 Å². The molecule has 0 radical (unpaired) electrons. The molecule has 0 aliphatic carbocycles. The minimum absolute atomic E-state index is 0.000905. The van der Waals surface area contributed by atoms with E-state index < -0.39 is 0 Å². The Morgan fingerprint density at radius 3 is 2.20 bits per heavy atom. The summed E-state index contributed by atoms with van der Waals surface area (Å²) in [7, 11) is 1.69. The second-order valence-electron chi connectivity index (χ2n) is 5.43. The van der Waals surface area contributed by atoms with Crippen LogP contribution in [0.5, 0.6) is 0 Å². The van der Waals surface area contributed by atoms with Crippen LogP contribution < -0.4 is 5.73 Å². The van der Waals surface area contributed by atoms with Gasteiger partial charge in [-0.15, -0.1) is 0 Å². The third-order valence-corrected chi connectivity index (χ3v) is 3.91. The van der Waals surface area contributed by atoms with Gasteiger partial charge in [0, 0.05) is 39.3 Å². The lowest BCUT2D eigenvalue weighted by atomic mass is 10.1. The van der Waals surface area contributed by atoms with Gasteiger partial charge in [0.15, 0.2) is 0 Å². The van der Waals surface area contributed by atoms with Crippen LogP contribution in [0.1, 0.15) is 26.7 Å². The van der Waals surface area contributed by atoms with Gasteiger partial charge in [-0.2, -0.15) is 0 Å². The molecule has 0 spiro atoms. The Balaban J connectivity index is 2.37. The van der Waals surface area contributed by atoms with E-state index >= 15 is 0 Å². The minimum atomic E-state index is 0.000905. The molecule has 0 saturated carbocycles. The number of hydrogen-bond donors (Lipinski definition) is 1. The third-order valence-electron chi connectivity index (χ3n) is 3.91. The summed E-state index contributed by atoms with van der Waals surface area (Å²) in [6.45, 7) is 7.53. The Labute approximate surface area is 121 Å². The topological polar surface area (TPSA) is 69.9 Å². The van der Waals surface area contributed by atoms with E-state index in [9.17, 15) is 9.59 Å². The van der Waals surface area contributed by atoms with Crippen molar-refractivity contribution >= 4 is 11.8 Å². The Morgan fingerprint density at radius 1 is 1.15 bits per heavy atom. The van der Waals surface area contributed by atoms with Gasteiger partial charge in [-0.05, 0) is 26.7 Å². The fourth-order valence-electron chi connectivity index (χ4n) is 2.39. The van der Waals surface area contributed by atoms with Crippen molar-refractivity contribution in [3.63, 3.8) is 0 Å². The molecular weight excluding hydrogens is 256 g/mol. The van der Waals surface area contributed by atoms with Crippen molar-refractivity contribution in [3.05, 3.63) is 0 Å². The van der Waals surface area contributed by atoms with Crippen LogP contribution in [0.2, 0.25) is 0 Å². The summed E-state index contributed by atoms with van der Waals surface area (Å²) >= 11 is 0. The zero-order chi connectivity index (χ0) is 15.1. The highest BCUT2D eigenvalue weighted by atomic mass is 16.2. The maximum atomic E-state index is 12.1. The van der Waals surface area contributed by atoms with Gasteiger partial charge in [0.2, 0.25) is 11.8 Å². The third kappa shape index (κ3) is 5.09.